The molecule has 0 heterocycles. The van der Waals surface area contributed by atoms with Crippen LogP contribution in [0.3, 0.4) is 0 Å². The fourth-order valence-corrected chi connectivity index (χ4v) is 2.12. The molecule has 2 aromatic carbocycles. The Morgan fingerprint density at radius 3 is 2.36 bits per heavy atom. The largest absolute Gasteiger partial charge is 0.494 e. The van der Waals surface area contributed by atoms with Gasteiger partial charge in [0.25, 0.3) is 11.8 Å². The topological polar surface area (TPSA) is 81.4 Å². The lowest BCUT2D eigenvalue weighted by molar-refractivity contribution is -0.114. The normalized spacial score (nSPS) is 11.0. The van der Waals surface area contributed by atoms with Gasteiger partial charge in [0, 0.05) is 5.56 Å². The summed E-state index contributed by atoms with van der Waals surface area (Å²) in [5.41, 5.74) is 6.60. The van der Waals surface area contributed by atoms with E-state index in [1.807, 2.05) is 30.3 Å². The number of unbranched alkanes of at least 4 members (excludes halogenated alkanes) is 1. The first-order chi connectivity index (χ1) is 12.1. The van der Waals surface area contributed by atoms with Crippen molar-refractivity contribution in [1.29, 1.82) is 0 Å². The van der Waals surface area contributed by atoms with E-state index in [4.69, 9.17) is 10.5 Å². The van der Waals surface area contributed by atoms with Gasteiger partial charge in [0.1, 0.15) is 11.4 Å². The molecule has 0 atom stereocenters. The Morgan fingerprint density at radius 2 is 1.76 bits per heavy atom. The molecule has 0 aromatic heterocycles. The molecule has 0 fully saturated rings. The Kier molecular flexibility index (Phi) is 6.77. The van der Waals surface area contributed by atoms with Crippen LogP contribution >= 0.6 is 0 Å². The summed E-state index contributed by atoms with van der Waals surface area (Å²) in [6.45, 7) is 2.74. The van der Waals surface area contributed by atoms with Crippen LogP contribution in [0.1, 0.15) is 35.7 Å². The van der Waals surface area contributed by atoms with E-state index >= 15 is 0 Å². The molecule has 0 saturated carbocycles. The SMILES string of the molecule is CCCCOc1ccc(C(=O)NC(=Cc2ccccc2)C(N)=O)cc1. The van der Waals surface area contributed by atoms with Crippen LogP contribution in [0.5, 0.6) is 5.75 Å². The molecule has 0 aliphatic carbocycles. The van der Waals surface area contributed by atoms with E-state index in [0.29, 0.717) is 17.9 Å². The molecule has 3 N–H and O–H groups in total. The lowest BCUT2D eigenvalue weighted by Crippen LogP contribution is -2.31. The van der Waals surface area contributed by atoms with Gasteiger partial charge in [0.05, 0.1) is 6.61 Å². The maximum atomic E-state index is 12.3. The summed E-state index contributed by atoms with van der Waals surface area (Å²) in [5.74, 6) is -0.391. The van der Waals surface area contributed by atoms with Crippen LogP contribution in [0.25, 0.3) is 6.08 Å². The van der Waals surface area contributed by atoms with E-state index in [-0.39, 0.29) is 5.70 Å². The molecule has 2 amide bonds. The minimum atomic E-state index is -0.697. The van der Waals surface area contributed by atoms with E-state index in [0.717, 1.165) is 18.4 Å². The molecule has 0 aliphatic rings. The number of benzene rings is 2. The van der Waals surface area contributed by atoms with Crippen LogP contribution in [-0.4, -0.2) is 18.4 Å². The number of primary amides is 1. The summed E-state index contributed by atoms with van der Waals surface area (Å²) in [6.07, 6.45) is 3.58. The zero-order valence-corrected chi connectivity index (χ0v) is 14.2. The molecule has 130 valence electrons. The highest BCUT2D eigenvalue weighted by Crippen LogP contribution is 2.13. The van der Waals surface area contributed by atoms with Gasteiger partial charge in [-0.2, -0.15) is 0 Å². The number of carbonyl (C=O) groups excluding carboxylic acids is 2. The van der Waals surface area contributed by atoms with Gasteiger partial charge in [0.15, 0.2) is 0 Å². The number of hydrogen-bond donors (Lipinski definition) is 2. The van der Waals surface area contributed by atoms with Gasteiger partial charge >= 0.3 is 0 Å². The van der Waals surface area contributed by atoms with Crippen molar-refractivity contribution < 1.29 is 14.3 Å². The van der Waals surface area contributed by atoms with Crippen molar-refractivity contribution in [2.45, 2.75) is 19.8 Å². The summed E-state index contributed by atoms with van der Waals surface area (Å²) in [6, 6.07) is 15.9. The Bertz CT molecular complexity index is 737. The first kappa shape index (κ1) is 18.3. The summed E-state index contributed by atoms with van der Waals surface area (Å²) in [4.78, 5) is 23.9. The van der Waals surface area contributed by atoms with Crippen LogP contribution in [0, 0.1) is 0 Å². The highest BCUT2D eigenvalue weighted by Gasteiger charge is 2.12. The van der Waals surface area contributed by atoms with Crippen LogP contribution in [0.15, 0.2) is 60.3 Å². The maximum absolute atomic E-state index is 12.3. The zero-order chi connectivity index (χ0) is 18.1. The van der Waals surface area contributed by atoms with Crippen LogP contribution in [0.4, 0.5) is 0 Å². The second kappa shape index (κ2) is 9.27. The van der Waals surface area contributed by atoms with Gasteiger partial charge < -0.3 is 15.8 Å². The fraction of sp³-hybridized carbons (Fsp3) is 0.200. The lowest BCUT2D eigenvalue weighted by atomic mass is 10.1. The molecule has 0 spiro atoms. The van der Waals surface area contributed by atoms with Gasteiger partial charge in [0.2, 0.25) is 0 Å². The van der Waals surface area contributed by atoms with Crippen molar-refractivity contribution in [2.75, 3.05) is 6.61 Å². The molecule has 0 saturated heterocycles. The van der Waals surface area contributed by atoms with Crippen LogP contribution in [0.2, 0.25) is 0 Å². The van der Waals surface area contributed by atoms with Gasteiger partial charge in [-0.1, -0.05) is 43.7 Å². The predicted octanol–water partition coefficient (Wildman–Crippen LogP) is 3.12. The molecule has 0 unspecified atom stereocenters. The summed E-state index contributed by atoms with van der Waals surface area (Å²) in [5, 5.41) is 2.56. The molecule has 5 heteroatoms. The Balaban J connectivity index is 2.06. The monoisotopic (exact) mass is 338 g/mol. The second-order valence-corrected chi connectivity index (χ2v) is 5.51. The third-order valence-corrected chi connectivity index (χ3v) is 3.51. The van der Waals surface area contributed by atoms with Gasteiger partial charge in [-0.3, -0.25) is 9.59 Å². The van der Waals surface area contributed by atoms with E-state index < -0.39 is 11.8 Å². The number of carbonyl (C=O) groups is 2. The number of nitrogens with one attached hydrogen (secondary N) is 1. The minimum Gasteiger partial charge on any atom is -0.494 e. The third-order valence-electron chi connectivity index (χ3n) is 3.51. The standard InChI is InChI=1S/C20H22N2O3/c1-2-3-13-25-17-11-9-16(10-12-17)20(24)22-18(19(21)23)14-15-7-5-4-6-8-15/h4-12,14H,2-3,13H2,1H3,(H2,21,23)(H,22,24). The Labute approximate surface area is 147 Å². The number of rotatable bonds is 8. The van der Waals surface area contributed by atoms with Crippen molar-refractivity contribution >= 4 is 17.9 Å². The Morgan fingerprint density at radius 1 is 1.08 bits per heavy atom. The van der Waals surface area contributed by atoms with Crippen molar-refractivity contribution in [3.63, 3.8) is 0 Å². The molecule has 5 nitrogen and oxygen atoms in total. The maximum Gasteiger partial charge on any atom is 0.265 e. The molecular weight excluding hydrogens is 316 g/mol. The van der Waals surface area contributed by atoms with Gasteiger partial charge in [-0.15, -0.1) is 0 Å². The van der Waals surface area contributed by atoms with Crippen LogP contribution in [-0.2, 0) is 4.79 Å². The molecule has 0 bridgehead atoms. The average Bonchev–Trinajstić information content (AvgIpc) is 2.62. The second-order valence-electron chi connectivity index (χ2n) is 5.51. The molecule has 2 rings (SSSR count). The first-order valence-corrected chi connectivity index (χ1v) is 8.21. The molecule has 0 radical (unpaired) electrons. The van der Waals surface area contributed by atoms with E-state index in [1.54, 1.807) is 30.3 Å². The quantitative estimate of drug-likeness (QED) is 0.573. The van der Waals surface area contributed by atoms with E-state index in [9.17, 15) is 9.59 Å². The summed E-state index contributed by atoms with van der Waals surface area (Å²) in [7, 11) is 0. The van der Waals surface area contributed by atoms with Crippen molar-refractivity contribution in [3.8, 4) is 5.75 Å². The molecule has 0 aliphatic heterocycles. The molecule has 25 heavy (non-hydrogen) atoms. The van der Waals surface area contributed by atoms with Gasteiger partial charge in [-0.05, 0) is 42.3 Å². The van der Waals surface area contributed by atoms with Crippen molar-refractivity contribution in [1.82, 2.24) is 5.32 Å². The predicted molar refractivity (Wildman–Crippen MR) is 97.9 cm³/mol. The highest BCUT2D eigenvalue weighted by molar-refractivity contribution is 6.04. The zero-order valence-electron chi connectivity index (χ0n) is 14.2. The number of nitrogens with two attached hydrogens (primary N) is 1. The number of hydrogen-bond acceptors (Lipinski definition) is 3. The average molecular weight is 338 g/mol. The van der Waals surface area contributed by atoms with E-state index in [1.165, 1.54) is 0 Å². The molecule has 2 aromatic rings. The highest BCUT2D eigenvalue weighted by atomic mass is 16.5. The smallest absolute Gasteiger partial charge is 0.265 e. The summed E-state index contributed by atoms with van der Waals surface area (Å²) < 4.78 is 5.56. The van der Waals surface area contributed by atoms with E-state index in [2.05, 4.69) is 12.2 Å². The van der Waals surface area contributed by atoms with Crippen LogP contribution < -0.4 is 15.8 Å². The Hall–Kier alpha value is -3.08. The third kappa shape index (κ3) is 5.80. The van der Waals surface area contributed by atoms with Crippen molar-refractivity contribution in [2.24, 2.45) is 5.73 Å². The summed E-state index contributed by atoms with van der Waals surface area (Å²) >= 11 is 0. The van der Waals surface area contributed by atoms with Gasteiger partial charge in [-0.25, -0.2) is 0 Å². The minimum absolute atomic E-state index is 0.0412. The molecular formula is C20H22N2O3. The number of amides is 2. The number of ether oxygens (including phenoxy) is 1. The fourth-order valence-electron chi connectivity index (χ4n) is 2.12. The van der Waals surface area contributed by atoms with Crippen molar-refractivity contribution in [3.05, 3.63) is 71.4 Å². The first-order valence-electron chi connectivity index (χ1n) is 8.21. The lowest BCUT2D eigenvalue weighted by Gasteiger charge is -2.09.